The van der Waals surface area contributed by atoms with Gasteiger partial charge in [-0.3, -0.25) is 4.79 Å². The third-order valence-electron chi connectivity index (χ3n) is 5.12. The van der Waals surface area contributed by atoms with Gasteiger partial charge in [-0.15, -0.1) is 0 Å². The molecule has 0 fully saturated rings. The van der Waals surface area contributed by atoms with Crippen LogP contribution in [-0.2, 0) is 22.6 Å². The molecule has 6 nitrogen and oxygen atoms in total. The number of hydrogen-bond acceptors (Lipinski definition) is 6. The summed E-state index contributed by atoms with van der Waals surface area (Å²) in [5.41, 5.74) is 4.54. The van der Waals surface area contributed by atoms with Crippen molar-refractivity contribution in [2.45, 2.75) is 45.5 Å². The summed E-state index contributed by atoms with van der Waals surface area (Å²) in [6.45, 7) is 8.92. The van der Waals surface area contributed by atoms with Crippen LogP contribution < -0.4 is 4.74 Å². The molecule has 0 N–H and O–H groups in total. The third-order valence-corrected chi connectivity index (χ3v) is 5.88. The van der Waals surface area contributed by atoms with Crippen molar-refractivity contribution in [3.05, 3.63) is 83.9 Å². The molecule has 0 unspecified atom stereocenters. The summed E-state index contributed by atoms with van der Waals surface area (Å²) in [6.07, 6.45) is 7.78. The van der Waals surface area contributed by atoms with Gasteiger partial charge in [0.25, 0.3) is 0 Å². The molecule has 0 saturated carbocycles. The number of esters is 1. The number of carbonyl (C=O) groups excluding carboxylic acids is 1. The van der Waals surface area contributed by atoms with Crippen molar-refractivity contribution in [3.63, 3.8) is 0 Å². The Bertz CT molecular complexity index is 1330. The molecule has 0 aliphatic heterocycles. The van der Waals surface area contributed by atoms with E-state index in [0.717, 1.165) is 33.3 Å². The van der Waals surface area contributed by atoms with E-state index in [9.17, 15) is 4.79 Å². The van der Waals surface area contributed by atoms with Gasteiger partial charge in [0.2, 0.25) is 0 Å². The van der Waals surface area contributed by atoms with E-state index in [4.69, 9.17) is 13.9 Å². The van der Waals surface area contributed by atoms with Crippen LogP contribution in [0, 0.1) is 0 Å². The molecule has 0 radical (unpaired) electrons. The van der Waals surface area contributed by atoms with Crippen LogP contribution in [0.5, 0.6) is 5.75 Å². The number of ether oxygens (including phenoxy) is 2. The van der Waals surface area contributed by atoms with Gasteiger partial charge in [0, 0.05) is 39.9 Å². The molecule has 0 amide bonds. The normalized spacial score (nSPS) is 11.9. The van der Waals surface area contributed by atoms with Gasteiger partial charge in [0.1, 0.15) is 12.4 Å². The highest BCUT2D eigenvalue weighted by Crippen LogP contribution is 2.28. The Morgan fingerprint density at radius 1 is 1.17 bits per heavy atom. The van der Waals surface area contributed by atoms with Gasteiger partial charge < -0.3 is 18.5 Å². The fourth-order valence-corrected chi connectivity index (χ4v) is 4.09. The van der Waals surface area contributed by atoms with Crippen molar-refractivity contribution >= 4 is 35.1 Å². The van der Waals surface area contributed by atoms with E-state index in [0.29, 0.717) is 19.0 Å². The number of furan rings is 1. The van der Waals surface area contributed by atoms with E-state index < -0.39 is 0 Å². The Hall–Kier alpha value is -3.45. The van der Waals surface area contributed by atoms with Crippen molar-refractivity contribution in [1.29, 1.82) is 0 Å². The number of para-hydroxylation sites is 1. The molecule has 0 saturated heterocycles. The first-order valence-electron chi connectivity index (χ1n) is 11.6. The Labute approximate surface area is 210 Å². The summed E-state index contributed by atoms with van der Waals surface area (Å²) < 4.78 is 23.6. The molecule has 0 bridgehead atoms. The van der Waals surface area contributed by atoms with Crippen LogP contribution in [0.25, 0.3) is 16.7 Å². The minimum Gasteiger partial charge on any atom is -0.489 e. The first-order chi connectivity index (χ1) is 16.8. The van der Waals surface area contributed by atoms with Crippen LogP contribution in [0.4, 0.5) is 0 Å². The molecule has 4 rings (SSSR count). The summed E-state index contributed by atoms with van der Waals surface area (Å²) in [6, 6.07) is 15.6. The van der Waals surface area contributed by atoms with Gasteiger partial charge in [0.05, 0.1) is 25.0 Å². The minimum absolute atomic E-state index is 0.0721. The number of rotatable bonds is 9. The van der Waals surface area contributed by atoms with E-state index >= 15 is 0 Å². The number of benzene rings is 2. The Morgan fingerprint density at radius 2 is 2.00 bits per heavy atom. The standard InChI is InChI=1S/C28H30N2O4S/c1-5-32-26(31)16-22-8-6-7-9-25(22)34-19-21-14-23-11-13-33-27(23)24(15-21)30-12-10-20(18-30)17-29-35-28(2,3)4/h6-15,17-18H,5,16,19H2,1-4H3/b29-17+. The zero-order valence-electron chi connectivity index (χ0n) is 20.5. The molecule has 182 valence electrons. The van der Waals surface area contributed by atoms with Gasteiger partial charge in [-0.25, -0.2) is 4.40 Å². The maximum atomic E-state index is 12.0. The van der Waals surface area contributed by atoms with Gasteiger partial charge >= 0.3 is 5.97 Å². The lowest BCUT2D eigenvalue weighted by Gasteiger charge is -2.13. The highest BCUT2D eigenvalue weighted by molar-refractivity contribution is 7.99. The summed E-state index contributed by atoms with van der Waals surface area (Å²) in [5.74, 6) is 0.406. The Kier molecular flexibility index (Phi) is 7.66. The van der Waals surface area contributed by atoms with Crippen molar-refractivity contribution in [3.8, 4) is 11.4 Å². The fourth-order valence-electron chi connectivity index (χ4n) is 3.60. The molecule has 7 heteroatoms. The van der Waals surface area contributed by atoms with E-state index in [1.807, 2.05) is 59.6 Å². The van der Waals surface area contributed by atoms with Crippen LogP contribution in [-0.4, -0.2) is 28.1 Å². The third kappa shape index (κ3) is 6.57. The highest BCUT2D eigenvalue weighted by Gasteiger charge is 2.13. The molecule has 35 heavy (non-hydrogen) atoms. The Balaban J connectivity index is 1.55. The zero-order chi connectivity index (χ0) is 24.8. The molecule has 4 aromatic rings. The SMILES string of the molecule is CCOC(=O)Cc1ccccc1OCc1cc(-n2ccc(/C=N/SC(C)(C)C)c2)c2occc2c1. The first kappa shape index (κ1) is 24.7. The van der Waals surface area contributed by atoms with Gasteiger partial charge in [-0.05, 0) is 75.5 Å². The van der Waals surface area contributed by atoms with Crippen LogP contribution in [0.3, 0.4) is 0 Å². The minimum atomic E-state index is -0.265. The summed E-state index contributed by atoms with van der Waals surface area (Å²) in [7, 11) is 0. The molecule has 0 atom stereocenters. The maximum Gasteiger partial charge on any atom is 0.310 e. The molecule has 0 spiro atoms. The van der Waals surface area contributed by atoms with E-state index in [1.54, 1.807) is 25.1 Å². The fraction of sp³-hybridized carbons (Fsp3) is 0.286. The molecule has 2 aromatic carbocycles. The lowest BCUT2D eigenvalue weighted by molar-refractivity contribution is -0.142. The zero-order valence-corrected chi connectivity index (χ0v) is 21.3. The molecular weight excluding hydrogens is 460 g/mol. The predicted molar refractivity (Wildman–Crippen MR) is 142 cm³/mol. The lowest BCUT2D eigenvalue weighted by Crippen LogP contribution is -2.09. The second-order valence-corrected chi connectivity index (χ2v) is 10.7. The number of carbonyl (C=O) groups is 1. The van der Waals surface area contributed by atoms with Crippen molar-refractivity contribution in [1.82, 2.24) is 4.57 Å². The van der Waals surface area contributed by atoms with Gasteiger partial charge in [-0.1, -0.05) is 18.2 Å². The number of nitrogens with zero attached hydrogens (tertiary/aromatic N) is 2. The van der Waals surface area contributed by atoms with E-state index in [-0.39, 0.29) is 17.1 Å². The van der Waals surface area contributed by atoms with Crippen molar-refractivity contribution in [2.75, 3.05) is 6.61 Å². The van der Waals surface area contributed by atoms with Crippen LogP contribution in [0.15, 0.2) is 76.0 Å². The second kappa shape index (κ2) is 10.9. The summed E-state index contributed by atoms with van der Waals surface area (Å²) in [4.78, 5) is 12.0. The average molecular weight is 491 g/mol. The quantitative estimate of drug-likeness (QED) is 0.147. The summed E-state index contributed by atoms with van der Waals surface area (Å²) in [5, 5.41) is 0.994. The Morgan fingerprint density at radius 3 is 2.80 bits per heavy atom. The smallest absolute Gasteiger partial charge is 0.310 e. The highest BCUT2D eigenvalue weighted by atomic mass is 32.2. The largest absolute Gasteiger partial charge is 0.489 e. The number of hydrogen-bond donors (Lipinski definition) is 0. The van der Waals surface area contributed by atoms with E-state index in [1.165, 1.54) is 0 Å². The van der Waals surface area contributed by atoms with Gasteiger partial charge in [-0.2, -0.15) is 0 Å². The molecular formula is C28H30N2O4S. The number of aromatic nitrogens is 1. The molecule has 0 aliphatic rings. The molecule has 0 aliphatic carbocycles. The van der Waals surface area contributed by atoms with Crippen molar-refractivity contribution < 1.29 is 18.7 Å². The topological polar surface area (TPSA) is 66.0 Å². The molecule has 2 heterocycles. The van der Waals surface area contributed by atoms with Crippen LogP contribution in [0.2, 0.25) is 0 Å². The predicted octanol–water partition coefficient (Wildman–Crippen LogP) is 6.77. The monoisotopic (exact) mass is 490 g/mol. The average Bonchev–Trinajstić information content (AvgIpc) is 3.47. The van der Waals surface area contributed by atoms with Gasteiger partial charge in [0.15, 0.2) is 5.58 Å². The molecule has 2 aromatic heterocycles. The van der Waals surface area contributed by atoms with E-state index in [2.05, 4.69) is 37.3 Å². The van der Waals surface area contributed by atoms with Crippen molar-refractivity contribution in [2.24, 2.45) is 4.40 Å². The number of fused-ring (bicyclic) bond motifs is 1. The van der Waals surface area contributed by atoms with Crippen LogP contribution in [0.1, 0.15) is 44.4 Å². The lowest BCUT2D eigenvalue weighted by atomic mass is 10.1. The first-order valence-corrected chi connectivity index (χ1v) is 12.4. The maximum absolute atomic E-state index is 12.0. The second-order valence-electron chi connectivity index (χ2n) is 9.12. The van der Waals surface area contributed by atoms with Crippen LogP contribution >= 0.6 is 11.9 Å². The summed E-state index contributed by atoms with van der Waals surface area (Å²) >= 11 is 1.55.